The Morgan fingerprint density at radius 2 is 1.76 bits per heavy atom. The van der Waals surface area contributed by atoms with Crippen LogP contribution in [-0.2, 0) is 14.8 Å². The van der Waals surface area contributed by atoms with Crippen molar-refractivity contribution in [2.24, 2.45) is 0 Å². The van der Waals surface area contributed by atoms with Crippen LogP contribution < -0.4 is 14.8 Å². The largest absolute Gasteiger partial charge is 0.494 e. The van der Waals surface area contributed by atoms with Crippen molar-refractivity contribution in [2.45, 2.75) is 17.7 Å². The number of amides is 1. The summed E-state index contributed by atoms with van der Waals surface area (Å²) in [5.74, 6) is -0.962. The van der Waals surface area contributed by atoms with E-state index in [0.29, 0.717) is 13.1 Å². The van der Waals surface area contributed by atoms with E-state index >= 15 is 0 Å². The van der Waals surface area contributed by atoms with Gasteiger partial charge in [0.2, 0.25) is 10.0 Å². The second kappa shape index (κ2) is 9.79. The van der Waals surface area contributed by atoms with Crippen LogP contribution in [0.1, 0.15) is 12.8 Å². The van der Waals surface area contributed by atoms with E-state index in [4.69, 9.17) is 9.47 Å². The first kappa shape index (κ1) is 23.9. The Morgan fingerprint density at radius 1 is 1.06 bits per heavy atom. The number of nitrogens with zero attached hydrogens (tertiary/aromatic N) is 3. The lowest BCUT2D eigenvalue weighted by atomic mass is 10.2. The Labute approximate surface area is 188 Å². The van der Waals surface area contributed by atoms with E-state index in [0.717, 1.165) is 31.0 Å². The maximum atomic E-state index is 12.7. The van der Waals surface area contributed by atoms with Gasteiger partial charge in [-0.3, -0.25) is 25.0 Å². The molecule has 0 spiro atoms. The molecule has 0 saturated carbocycles. The second-order valence-electron chi connectivity index (χ2n) is 6.98. The summed E-state index contributed by atoms with van der Waals surface area (Å²) in [6.07, 6.45) is 1.44. The fourth-order valence-corrected chi connectivity index (χ4v) is 4.76. The number of nitro groups is 2. The van der Waals surface area contributed by atoms with Crippen molar-refractivity contribution in [3.05, 3.63) is 56.6 Å². The fourth-order valence-electron chi connectivity index (χ4n) is 3.23. The van der Waals surface area contributed by atoms with Crippen molar-refractivity contribution >= 4 is 33.0 Å². The molecule has 0 aliphatic carbocycles. The van der Waals surface area contributed by atoms with Gasteiger partial charge in [0.05, 0.1) is 33.6 Å². The number of benzene rings is 2. The number of hydrogen-bond donors (Lipinski definition) is 1. The third-order valence-electron chi connectivity index (χ3n) is 4.86. The van der Waals surface area contributed by atoms with Crippen LogP contribution in [0.2, 0.25) is 0 Å². The summed E-state index contributed by atoms with van der Waals surface area (Å²) in [6.45, 7) is 0.0561. The molecule has 1 aliphatic heterocycles. The highest BCUT2D eigenvalue weighted by Gasteiger charge is 2.30. The molecule has 1 aliphatic rings. The van der Waals surface area contributed by atoms with Crippen LogP contribution in [0.15, 0.2) is 41.3 Å². The molecular weight excluding hydrogens is 460 g/mol. The van der Waals surface area contributed by atoms with Gasteiger partial charge in [0.1, 0.15) is 5.75 Å². The lowest BCUT2D eigenvalue weighted by Gasteiger charge is -2.16. The van der Waals surface area contributed by atoms with Gasteiger partial charge < -0.3 is 14.8 Å². The number of sulfonamides is 1. The van der Waals surface area contributed by atoms with Gasteiger partial charge in [0.15, 0.2) is 12.4 Å². The van der Waals surface area contributed by atoms with Crippen molar-refractivity contribution < 1.29 is 32.5 Å². The van der Waals surface area contributed by atoms with Gasteiger partial charge in [0, 0.05) is 25.2 Å². The first-order valence-electron chi connectivity index (χ1n) is 9.67. The molecule has 176 valence electrons. The molecule has 0 radical (unpaired) electrons. The normalized spacial score (nSPS) is 14.0. The fraction of sp³-hybridized carbons (Fsp3) is 0.316. The number of methoxy groups -OCH3 is 1. The highest BCUT2D eigenvalue weighted by Crippen LogP contribution is 2.32. The van der Waals surface area contributed by atoms with E-state index in [9.17, 15) is 33.4 Å². The number of nitrogens with one attached hydrogen (secondary N) is 1. The third kappa shape index (κ3) is 5.35. The summed E-state index contributed by atoms with van der Waals surface area (Å²) in [5, 5.41) is 24.8. The van der Waals surface area contributed by atoms with Gasteiger partial charge in [-0.25, -0.2) is 8.42 Å². The molecule has 1 fully saturated rings. The van der Waals surface area contributed by atoms with E-state index in [1.807, 2.05) is 0 Å². The number of hydrogen-bond acceptors (Lipinski definition) is 9. The Hall–Kier alpha value is -3.78. The molecule has 1 N–H and O–H groups in total. The minimum atomic E-state index is -3.87. The summed E-state index contributed by atoms with van der Waals surface area (Å²) in [4.78, 5) is 32.9. The first-order valence-corrected chi connectivity index (χ1v) is 11.1. The van der Waals surface area contributed by atoms with Crippen LogP contribution in [-0.4, -0.2) is 55.3 Å². The summed E-state index contributed by atoms with van der Waals surface area (Å²) in [6, 6.07) is 6.79. The number of non-ortho nitro benzene ring substituents is 1. The van der Waals surface area contributed by atoms with Gasteiger partial charge in [0.25, 0.3) is 11.6 Å². The Morgan fingerprint density at radius 3 is 2.36 bits per heavy atom. The van der Waals surface area contributed by atoms with E-state index in [1.54, 1.807) is 0 Å². The van der Waals surface area contributed by atoms with Gasteiger partial charge in [-0.15, -0.1) is 0 Å². The van der Waals surface area contributed by atoms with Crippen LogP contribution >= 0.6 is 0 Å². The molecule has 2 aromatic rings. The minimum Gasteiger partial charge on any atom is -0.494 e. The second-order valence-corrected chi connectivity index (χ2v) is 8.91. The van der Waals surface area contributed by atoms with Crippen LogP contribution in [0.25, 0.3) is 0 Å². The Kier molecular flexibility index (Phi) is 7.08. The third-order valence-corrected chi connectivity index (χ3v) is 6.75. The van der Waals surface area contributed by atoms with E-state index < -0.39 is 38.1 Å². The van der Waals surface area contributed by atoms with Gasteiger partial charge in [-0.2, -0.15) is 4.31 Å². The molecule has 14 heteroatoms. The van der Waals surface area contributed by atoms with Gasteiger partial charge in [-0.05, 0) is 31.0 Å². The zero-order valence-corrected chi connectivity index (χ0v) is 18.2. The summed E-state index contributed by atoms with van der Waals surface area (Å²) in [7, 11) is -2.60. The average molecular weight is 480 g/mol. The molecule has 0 bridgehead atoms. The smallest absolute Gasteiger partial charge is 0.312 e. The number of nitro benzene ring substituents is 2. The van der Waals surface area contributed by atoms with Crippen molar-refractivity contribution in [3.8, 4) is 11.5 Å². The molecule has 0 atom stereocenters. The zero-order valence-electron chi connectivity index (χ0n) is 17.4. The molecule has 3 rings (SSSR count). The van der Waals surface area contributed by atoms with Gasteiger partial charge in [-0.1, -0.05) is 0 Å². The predicted molar refractivity (Wildman–Crippen MR) is 115 cm³/mol. The molecular formula is C19H20N4O9S. The predicted octanol–water partition coefficient (Wildman–Crippen LogP) is 2.31. The maximum Gasteiger partial charge on any atom is 0.312 e. The zero-order chi connectivity index (χ0) is 24.2. The quantitative estimate of drug-likeness (QED) is 0.417. The Balaban J connectivity index is 1.74. The van der Waals surface area contributed by atoms with Crippen molar-refractivity contribution in [1.29, 1.82) is 0 Å². The highest BCUT2D eigenvalue weighted by atomic mass is 32.2. The number of anilines is 1. The van der Waals surface area contributed by atoms with Crippen molar-refractivity contribution in [1.82, 2.24) is 4.31 Å². The lowest BCUT2D eigenvalue weighted by Crippen LogP contribution is -2.28. The van der Waals surface area contributed by atoms with Crippen molar-refractivity contribution in [2.75, 3.05) is 32.1 Å². The molecule has 13 nitrogen and oxygen atoms in total. The van der Waals surface area contributed by atoms with Crippen LogP contribution in [0.4, 0.5) is 17.1 Å². The minimum absolute atomic E-state index is 0.0417. The van der Waals surface area contributed by atoms with Crippen LogP contribution in [0.5, 0.6) is 11.5 Å². The summed E-state index contributed by atoms with van der Waals surface area (Å²) in [5.41, 5.74) is -0.699. The molecule has 0 unspecified atom stereocenters. The van der Waals surface area contributed by atoms with Crippen LogP contribution in [0.3, 0.4) is 0 Å². The van der Waals surface area contributed by atoms with E-state index in [2.05, 4.69) is 5.32 Å². The highest BCUT2D eigenvalue weighted by molar-refractivity contribution is 7.89. The molecule has 1 saturated heterocycles. The average Bonchev–Trinajstić information content (AvgIpc) is 3.33. The molecule has 0 aromatic heterocycles. The molecule has 33 heavy (non-hydrogen) atoms. The first-order chi connectivity index (χ1) is 15.6. The summed E-state index contributed by atoms with van der Waals surface area (Å²) < 4.78 is 36.9. The number of carbonyl (C=O) groups excluding carboxylic acids is 1. The monoisotopic (exact) mass is 480 g/mol. The lowest BCUT2D eigenvalue weighted by molar-refractivity contribution is -0.386. The Bertz CT molecular complexity index is 1190. The molecule has 1 heterocycles. The summed E-state index contributed by atoms with van der Waals surface area (Å²) >= 11 is 0. The van der Waals surface area contributed by atoms with Crippen molar-refractivity contribution in [3.63, 3.8) is 0 Å². The van der Waals surface area contributed by atoms with E-state index in [-0.39, 0.29) is 27.8 Å². The van der Waals surface area contributed by atoms with E-state index in [1.165, 1.54) is 29.6 Å². The standard InChI is InChI=1S/C19H20N4O9S/c1-31-18-10-13(22(25)26)4-6-15(18)20-19(24)12-32-17-7-5-14(11-16(17)23(27)28)33(29,30)21-8-2-3-9-21/h4-7,10-11H,2-3,8-9,12H2,1H3,(H,20,24). The van der Waals surface area contributed by atoms with Crippen LogP contribution in [0, 0.1) is 20.2 Å². The SMILES string of the molecule is COc1cc([N+](=O)[O-])ccc1NC(=O)COc1ccc(S(=O)(=O)N2CCCC2)cc1[N+](=O)[O-]. The number of rotatable bonds is 9. The number of ether oxygens (including phenoxy) is 2. The maximum absolute atomic E-state index is 12.7. The topological polar surface area (TPSA) is 171 Å². The van der Waals surface area contributed by atoms with Gasteiger partial charge >= 0.3 is 5.69 Å². The number of carbonyl (C=O) groups is 1. The molecule has 1 amide bonds. The molecule has 2 aromatic carbocycles.